The van der Waals surface area contributed by atoms with E-state index in [9.17, 15) is 22.8 Å². The van der Waals surface area contributed by atoms with Crippen molar-refractivity contribution in [2.75, 3.05) is 25.4 Å². The van der Waals surface area contributed by atoms with Gasteiger partial charge in [0.25, 0.3) is 5.24 Å². The molecule has 2 rings (SSSR count). The molecule has 0 aliphatic carbocycles. The van der Waals surface area contributed by atoms with Crippen molar-refractivity contribution in [3.8, 4) is 5.75 Å². The molecule has 0 saturated carbocycles. The summed E-state index contributed by atoms with van der Waals surface area (Å²) in [5.74, 6) is 0.515. The van der Waals surface area contributed by atoms with Gasteiger partial charge >= 0.3 is 6.18 Å². The minimum atomic E-state index is -4.38. The van der Waals surface area contributed by atoms with Crippen LogP contribution in [0.3, 0.4) is 0 Å². The fourth-order valence-electron chi connectivity index (χ4n) is 1.87. The van der Waals surface area contributed by atoms with Crippen LogP contribution >= 0.6 is 11.8 Å². The van der Waals surface area contributed by atoms with E-state index in [1.54, 1.807) is 12.1 Å². The van der Waals surface area contributed by atoms with Gasteiger partial charge in [-0.3, -0.25) is 9.59 Å². The largest absolute Gasteiger partial charge is 0.484 e. The summed E-state index contributed by atoms with van der Waals surface area (Å²) in [7, 11) is 0. The molecule has 0 spiro atoms. The molecule has 1 N–H and O–H groups in total. The quantitative estimate of drug-likeness (QED) is 0.858. The number of nitrogens with one attached hydrogen (secondary N) is 1. The van der Waals surface area contributed by atoms with Crippen molar-refractivity contribution < 1.29 is 27.5 Å². The first kappa shape index (κ1) is 17.5. The molecule has 1 fully saturated rings. The van der Waals surface area contributed by atoms with Crippen molar-refractivity contribution in [1.82, 2.24) is 10.2 Å². The standard InChI is InChI=1S/C14H15F3N2O3S/c15-14(16,17)9-22-11-3-1-10(2-4-11)7-18-12(20)8-19-5-6-23-13(19)21/h1-4H,5-9H2,(H,18,20). The summed E-state index contributed by atoms with van der Waals surface area (Å²) < 4.78 is 40.7. The lowest BCUT2D eigenvalue weighted by Gasteiger charge is -2.14. The first-order valence-electron chi connectivity index (χ1n) is 6.80. The summed E-state index contributed by atoms with van der Waals surface area (Å²) in [5.41, 5.74) is 0.722. The summed E-state index contributed by atoms with van der Waals surface area (Å²) in [6.45, 7) is -0.542. The van der Waals surface area contributed by atoms with E-state index in [4.69, 9.17) is 0 Å². The molecule has 5 nitrogen and oxygen atoms in total. The molecule has 0 unspecified atom stereocenters. The van der Waals surface area contributed by atoms with Gasteiger partial charge in [-0.25, -0.2) is 0 Å². The number of carbonyl (C=O) groups excluding carboxylic acids is 2. The summed E-state index contributed by atoms with van der Waals surface area (Å²) in [5, 5.41) is 2.55. The number of thioether (sulfide) groups is 1. The van der Waals surface area contributed by atoms with E-state index in [0.717, 1.165) is 5.56 Å². The minimum Gasteiger partial charge on any atom is -0.484 e. The van der Waals surface area contributed by atoms with Gasteiger partial charge in [-0.2, -0.15) is 13.2 Å². The van der Waals surface area contributed by atoms with Crippen molar-refractivity contribution in [3.05, 3.63) is 29.8 Å². The Balaban J connectivity index is 1.75. The van der Waals surface area contributed by atoms with E-state index in [1.165, 1.54) is 28.8 Å². The summed E-state index contributed by atoms with van der Waals surface area (Å²) in [6.07, 6.45) is -4.38. The Labute approximate surface area is 135 Å². The highest BCUT2D eigenvalue weighted by atomic mass is 32.2. The van der Waals surface area contributed by atoms with Crippen LogP contribution < -0.4 is 10.1 Å². The Morgan fingerprint density at radius 2 is 2.00 bits per heavy atom. The van der Waals surface area contributed by atoms with Crippen LogP contribution in [0.25, 0.3) is 0 Å². The minimum absolute atomic E-state index is 0.0125. The third-order valence-corrected chi connectivity index (χ3v) is 3.89. The normalized spacial score (nSPS) is 14.9. The topological polar surface area (TPSA) is 58.6 Å². The summed E-state index contributed by atoms with van der Waals surface area (Å²) in [4.78, 5) is 24.6. The summed E-state index contributed by atoms with van der Waals surface area (Å²) >= 11 is 1.18. The Hall–Kier alpha value is -1.90. The van der Waals surface area contributed by atoms with E-state index in [-0.39, 0.29) is 30.0 Å². The molecule has 0 radical (unpaired) electrons. The van der Waals surface area contributed by atoms with Gasteiger partial charge in [-0.05, 0) is 17.7 Å². The highest BCUT2D eigenvalue weighted by Gasteiger charge is 2.28. The number of hydrogen-bond donors (Lipinski definition) is 1. The SMILES string of the molecule is O=C(CN1CCSC1=O)NCc1ccc(OCC(F)(F)F)cc1. The van der Waals surface area contributed by atoms with Crippen LogP contribution in [0.2, 0.25) is 0 Å². The molecule has 1 aromatic carbocycles. The van der Waals surface area contributed by atoms with Gasteiger partial charge in [0.15, 0.2) is 6.61 Å². The molecule has 0 atom stereocenters. The highest BCUT2D eigenvalue weighted by Crippen LogP contribution is 2.19. The van der Waals surface area contributed by atoms with Crippen molar-refractivity contribution >= 4 is 22.9 Å². The van der Waals surface area contributed by atoms with E-state index >= 15 is 0 Å². The maximum atomic E-state index is 12.0. The zero-order valence-electron chi connectivity index (χ0n) is 12.1. The Kier molecular flexibility index (Phi) is 5.75. The Morgan fingerprint density at radius 3 is 2.57 bits per heavy atom. The van der Waals surface area contributed by atoms with Crippen LogP contribution in [0.4, 0.5) is 18.0 Å². The number of ether oxygens (including phenoxy) is 1. The number of nitrogens with zero attached hydrogens (tertiary/aromatic N) is 1. The van der Waals surface area contributed by atoms with E-state index < -0.39 is 12.8 Å². The van der Waals surface area contributed by atoms with Gasteiger partial charge in [0.05, 0.1) is 0 Å². The van der Waals surface area contributed by atoms with Gasteiger partial charge in [-0.1, -0.05) is 23.9 Å². The third kappa shape index (κ3) is 6.01. The third-order valence-electron chi connectivity index (χ3n) is 2.99. The van der Waals surface area contributed by atoms with Crippen molar-refractivity contribution in [3.63, 3.8) is 0 Å². The second-order valence-electron chi connectivity index (χ2n) is 4.86. The number of amides is 2. The van der Waals surface area contributed by atoms with Gasteiger partial charge in [0.2, 0.25) is 5.91 Å². The molecule has 1 aliphatic rings. The van der Waals surface area contributed by atoms with Crippen LogP contribution in [-0.2, 0) is 11.3 Å². The number of rotatable bonds is 6. The average molecular weight is 348 g/mol. The number of carbonyl (C=O) groups is 2. The highest BCUT2D eigenvalue weighted by molar-refractivity contribution is 8.13. The number of hydrogen-bond acceptors (Lipinski definition) is 4. The second kappa shape index (κ2) is 7.58. The Morgan fingerprint density at radius 1 is 1.30 bits per heavy atom. The molecule has 23 heavy (non-hydrogen) atoms. The van der Waals surface area contributed by atoms with Crippen LogP contribution in [0, 0.1) is 0 Å². The molecule has 1 saturated heterocycles. The summed E-state index contributed by atoms with van der Waals surface area (Å²) in [6, 6.07) is 5.97. The monoisotopic (exact) mass is 348 g/mol. The number of halogens is 3. The fraction of sp³-hybridized carbons (Fsp3) is 0.429. The zero-order chi connectivity index (χ0) is 16.9. The van der Waals surface area contributed by atoms with Crippen molar-refractivity contribution in [2.45, 2.75) is 12.7 Å². The lowest BCUT2D eigenvalue weighted by Crippen LogP contribution is -2.36. The number of benzene rings is 1. The lowest BCUT2D eigenvalue weighted by molar-refractivity contribution is -0.153. The molecular weight excluding hydrogens is 333 g/mol. The predicted molar refractivity (Wildman–Crippen MR) is 79.3 cm³/mol. The van der Waals surface area contributed by atoms with Crippen LogP contribution in [-0.4, -0.2) is 47.7 Å². The van der Waals surface area contributed by atoms with Gasteiger partial charge in [0.1, 0.15) is 12.3 Å². The fourth-order valence-corrected chi connectivity index (χ4v) is 2.69. The number of alkyl halides is 3. The van der Waals surface area contributed by atoms with Crippen LogP contribution in [0.1, 0.15) is 5.56 Å². The van der Waals surface area contributed by atoms with Crippen LogP contribution in [0.15, 0.2) is 24.3 Å². The molecule has 1 aliphatic heterocycles. The molecule has 9 heteroatoms. The van der Waals surface area contributed by atoms with Crippen LogP contribution in [0.5, 0.6) is 5.75 Å². The first-order chi connectivity index (χ1) is 10.8. The van der Waals surface area contributed by atoms with Crippen molar-refractivity contribution in [1.29, 1.82) is 0 Å². The van der Waals surface area contributed by atoms with Gasteiger partial charge in [-0.15, -0.1) is 0 Å². The molecule has 2 amide bonds. The lowest BCUT2D eigenvalue weighted by atomic mass is 10.2. The van der Waals surface area contributed by atoms with E-state index in [0.29, 0.717) is 12.3 Å². The van der Waals surface area contributed by atoms with E-state index in [2.05, 4.69) is 10.1 Å². The molecule has 126 valence electrons. The molecule has 0 bridgehead atoms. The smallest absolute Gasteiger partial charge is 0.422 e. The second-order valence-corrected chi connectivity index (χ2v) is 5.91. The first-order valence-corrected chi connectivity index (χ1v) is 7.79. The zero-order valence-corrected chi connectivity index (χ0v) is 12.9. The molecule has 1 heterocycles. The van der Waals surface area contributed by atoms with Gasteiger partial charge in [0, 0.05) is 18.8 Å². The maximum Gasteiger partial charge on any atom is 0.422 e. The van der Waals surface area contributed by atoms with E-state index in [1.807, 2.05) is 0 Å². The average Bonchev–Trinajstić information content (AvgIpc) is 2.88. The van der Waals surface area contributed by atoms with Crippen molar-refractivity contribution in [2.24, 2.45) is 0 Å². The predicted octanol–water partition coefficient (Wildman–Crippen LogP) is 2.41. The maximum absolute atomic E-state index is 12.0. The van der Waals surface area contributed by atoms with Gasteiger partial charge < -0.3 is 15.0 Å². The Bertz CT molecular complexity index is 563. The molecule has 1 aromatic rings. The molecule has 0 aromatic heterocycles. The molecular formula is C14H15F3N2O3S.